The maximum atomic E-state index is 12.3. The van der Waals surface area contributed by atoms with Gasteiger partial charge in [0, 0.05) is 22.2 Å². The number of anilines is 1. The van der Waals surface area contributed by atoms with Crippen molar-refractivity contribution in [2.24, 2.45) is 0 Å². The van der Waals surface area contributed by atoms with E-state index >= 15 is 0 Å². The number of rotatable bonds is 5. The van der Waals surface area contributed by atoms with Crippen molar-refractivity contribution in [1.29, 1.82) is 0 Å². The van der Waals surface area contributed by atoms with Crippen LogP contribution in [0.2, 0.25) is 0 Å². The highest BCUT2D eigenvalue weighted by atomic mass is 32.2. The predicted molar refractivity (Wildman–Crippen MR) is 67.7 cm³/mol. The Morgan fingerprint density at radius 2 is 2.18 bits per heavy atom. The van der Waals surface area contributed by atoms with Crippen molar-refractivity contribution in [3.05, 3.63) is 40.8 Å². The molecule has 0 fully saturated rings. The van der Waals surface area contributed by atoms with Gasteiger partial charge in [0.05, 0.1) is 6.54 Å². The Morgan fingerprint density at radius 1 is 1.35 bits per heavy atom. The topological polar surface area (TPSA) is 24.9 Å². The third-order valence-corrected chi connectivity index (χ3v) is 3.58. The molecule has 0 saturated carbocycles. The predicted octanol–water partition coefficient (Wildman–Crippen LogP) is 4.07. The summed E-state index contributed by atoms with van der Waals surface area (Å²) < 4.78 is 24.7. The number of aromatic nitrogens is 1. The van der Waals surface area contributed by atoms with Crippen LogP contribution in [-0.4, -0.2) is 10.7 Å². The summed E-state index contributed by atoms with van der Waals surface area (Å²) >= 11 is 2.08. The van der Waals surface area contributed by atoms with Gasteiger partial charge in [-0.2, -0.15) is 8.78 Å². The number of benzene rings is 1. The summed E-state index contributed by atoms with van der Waals surface area (Å²) in [4.78, 5) is 4.68. The zero-order valence-corrected chi connectivity index (χ0v) is 10.4. The van der Waals surface area contributed by atoms with Crippen LogP contribution >= 0.6 is 23.1 Å². The molecular formula is C11H10F2N2S2. The average Bonchev–Trinajstić information content (AvgIpc) is 2.80. The number of thiazole rings is 1. The summed E-state index contributed by atoms with van der Waals surface area (Å²) in [6, 6.07) is 7.04. The molecule has 90 valence electrons. The van der Waals surface area contributed by atoms with Crippen LogP contribution < -0.4 is 5.32 Å². The normalized spacial score (nSPS) is 10.8. The van der Waals surface area contributed by atoms with Gasteiger partial charge >= 0.3 is 0 Å². The maximum absolute atomic E-state index is 12.3. The minimum atomic E-state index is -2.40. The Balaban J connectivity index is 2.04. The zero-order valence-electron chi connectivity index (χ0n) is 8.77. The Hall–Kier alpha value is -1.14. The number of nitrogens with one attached hydrogen (secondary N) is 1. The van der Waals surface area contributed by atoms with E-state index in [1.807, 2.05) is 11.4 Å². The molecule has 1 aromatic carbocycles. The highest BCUT2D eigenvalue weighted by Crippen LogP contribution is 2.31. The van der Waals surface area contributed by atoms with E-state index < -0.39 is 5.76 Å². The lowest BCUT2D eigenvalue weighted by Crippen LogP contribution is -2.00. The van der Waals surface area contributed by atoms with Gasteiger partial charge in [-0.3, -0.25) is 0 Å². The number of para-hydroxylation sites is 1. The van der Waals surface area contributed by atoms with Gasteiger partial charge in [-0.25, -0.2) is 4.98 Å². The lowest BCUT2D eigenvalue weighted by atomic mass is 10.3. The second kappa shape index (κ2) is 5.97. The average molecular weight is 272 g/mol. The molecule has 0 aliphatic heterocycles. The fourth-order valence-electron chi connectivity index (χ4n) is 1.32. The van der Waals surface area contributed by atoms with E-state index in [4.69, 9.17) is 0 Å². The van der Waals surface area contributed by atoms with E-state index in [0.717, 1.165) is 5.01 Å². The maximum Gasteiger partial charge on any atom is 0.288 e. The molecule has 1 N–H and O–H groups in total. The Morgan fingerprint density at radius 3 is 2.88 bits per heavy atom. The fraction of sp³-hybridized carbons (Fsp3) is 0.182. The summed E-state index contributed by atoms with van der Waals surface area (Å²) in [6.07, 6.45) is 1.72. The van der Waals surface area contributed by atoms with Crippen LogP contribution in [0.15, 0.2) is 40.7 Å². The first kappa shape index (κ1) is 12.3. The first-order valence-corrected chi connectivity index (χ1v) is 6.67. The molecule has 2 aromatic rings. The number of nitrogens with zero attached hydrogens (tertiary/aromatic N) is 1. The minimum absolute atomic E-state index is 0.549. The molecule has 0 saturated heterocycles. The number of thioether (sulfide) groups is 1. The molecule has 0 amide bonds. The molecule has 6 heteroatoms. The third kappa shape index (κ3) is 3.67. The summed E-state index contributed by atoms with van der Waals surface area (Å²) in [6.45, 7) is 0.554. The zero-order chi connectivity index (χ0) is 12.1. The molecule has 1 aromatic heterocycles. The smallest absolute Gasteiger partial charge is 0.288 e. The lowest BCUT2D eigenvalue weighted by Gasteiger charge is -2.09. The van der Waals surface area contributed by atoms with Gasteiger partial charge in [-0.1, -0.05) is 23.9 Å². The van der Waals surface area contributed by atoms with Crippen molar-refractivity contribution in [3.63, 3.8) is 0 Å². The van der Waals surface area contributed by atoms with Gasteiger partial charge in [0.25, 0.3) is 5.76 Å². The fourth-order valence-corrected chi connectivity index (χ4v) is 2.49. The number of hydrogen-bond acceptors (Lipinski definition) is 4. The van der Waals surface area contributed by atoms with Gasteiger partial charge in [0.1, 0.15) is 5.01 Å². The minimum Gasteiger partial charge on any atom is -0.378 e. The van der Waals surface area contributed by atoms with E-state index in [2.05, 4.69) is 10.3 Å². The van der Waals surface area contributed by atoms with E-state index in [1.54, 1.807) is 24.4 Å². The monoisotopic (exact) mass is 272 g/mol. The highest BCUT2D eigenvalue weighted by Gasteiger charge is 2.09. The molecule has 1 heterocycles. The van der Waals surface area contributed by atoms with Crippen LogP contribution in [0, 0.1) is 0 Å². The number of alkyl halides is 2. The van der Waals surface area contributed by atoms with Crippen molar-refractivity contribution in [3.8, 4) is 0 Å². The second-order valence-corrected chi connectivity index (χ2v) is 5.17. The molecule has 17 heavy (non-hydrogen) atoms. The van der Waals surface area contributed by atoms with Crippen molar-refractivity contribution in [2.45, 2.75) is 17.2 Å². The molecule has 0 unspecified atom stereocenters. The van der Waals surface area contributed by atoms with Gasteiger partial charge in [0.15, 0.2) is 0 Å². The van der Waals surface area contributed by atoms with Crippen molar-refractivity contribution in [1.82, 2.24) is 4.98 Å². The summed E-state index contributed by atoms with van der Waals surface area (Å²) in [7, 11) is 0. The number of hydrogen-bond donors (Lipinski definition) is 1. The first-order valence-electron chi connectivity index (χ1n) is 4.92. The molecular weight excluding hydrogens is 262 g/mol. The van der Waals surface area contributed by atoms with E-state index in [1.165, 1.54) is 11.3 Å². The van der Waals surface area contributed by atoms with Crippen LogP contribution in [-0.2, 0) is 6.54 Å². The third-order valence-electron chi connectivity index (χ3n) is 2.02. The Bertz CT molecular complexity index is 460. The quantitative estimate of drug-likeness (QED) is 0.830. The van der Waals surface area contributed by atoms with E-state index in [9.17, 15) is 8.78 Å². The molecule has 0 aliphatic rings. The Kier molecular flexibility index (Phi) is 4.33. The Labute approximate surface area is 106 Å². The van der Waals surface area contributed by atoms with Crippen LogP contribution in [0.1, 0.15) is 5.01 Å². The van der Waals surface area contributed by atoms with Crippen LogP contribution in [0.4, 0.5) is 14.5 Å². The number of halogens is 2. The molecule has 0 spiro atoms. The summed E-state index contributed by atoms with van der Waals surface area (Å²) in [5.41, 5.74) is 0.716. The van der Waals surface area contributed by atoms with Crippen molar-refractivity contribution >= 4 is 28.8 Å². The molecule has 0 bridgehead atoms. The highest BCUT2D eigenvalue weighted by molar-refractivity contribution is 7.99. The molecule has 0 aliphatic carbocycles. The van der Waals surface area contributed by atoms with Gasteiger partial charge in [-0.15, -0.1) is 11.3 Å². The van der Waals surface area contributed by atoms with Gasteiger partial charge in [-0.05, 0) is 12.1 Å². The SMILES string of the molecule is FC(F)Sc1ccccc1NCc1nccs1. The van der Waals surface area contributed by atoms with E-state index in [-0.39, 0.29) is 0 Å². The van der Waals surface area contributed by atoms with Crippen LogP contribution in [0.25, 0.3) is 0 Å². The first-order chi connectivity index (χ1) is 8.25. The molecule has 0 atom stereocenters. The second-order valence-electron chi connectivity index (χ2n) is 3.15. The lowest BCUT2D eigenvalue weighted by molar-refractivity contribution is 0.252. The van der Waals surface area contributed by atoms with E-state index in [0.29, 0.717) is 28.9 Å². The van der Waals surface area contributed by atoms with Gasteiger partial charge < -0.3 is 5.32 Å². The summed E-state index contributed by atoms with van der Waals surface area (Å²) in [5.74, 6) is -2.40. The molecule has 0 radical (unpaired) electrons. The van der Waals surface area contributed by atoms with Crippen molar-refractivity contribution in [2.75, 3.05) is 5.32 Å². The van der Waals surface area contributed by atoms with Gasteiger partial charge in [0.2, 0.25) is 0 Å². The largest absolute Gasteiger partial charge is 0.378 e. The van der Waals surface area contributed by atoms with Crippen molar-refractivity contribution < 1.29 is 8.78 Å². The summed E-state index contributed by atoms with van der Waals surface area (Å²) in [5, 5.41) is 5.93. The molecule has 2 rings (SSSR count). The standard InChI is InChI=1S/C11H10F2N2S2/c12-11(13)17-9-4-2-1-3-8(9)15-7-10-14-5-6-16-10/h1-6,11,15H,7H2. The van der Waals surface area contributed by atoms with Crippen LogP contribution in [0.3, 0.4) is 0 Å². The molecule has 2 nitrogen and oxygen atoms in total. The van der Waals surface area contributed by atoms with Crippen LogP contribution in [0.5, 0.6) is 0 Å².